The molecule has 2 amide bonds. The van der Waals surface area contributed by atoms with Crippen LogP contribution in [0.4, 0.5) is 5.69 Å². The Kier molecular flexibility index (Phi) is 11.4. The molecule has 0 spiro atoms. The molecule has 0 heterocycles. The van der Waals surface area contributed by atoms with Gasteiger partial charge in [-0.1, -0.05) is 49.7 Å². The van der Waals surface area contributed by atoms with Crippen LogP contribution in [0.25, 0.3) is 0 Å². The molecule has 8 heteroatoms. The fraction of sp³-hybridized carbons (Fsp3) is 0.500. The number of amides is 2. The number of carbonyl (C=O) groups is 2. The third-order valence-corrected chi connectivity index (χ3v) is 7.61. The van der Waals surface area contributed by atoms with Gasteiger partial charge in [-0.3, -0.25) is 13.9 Å². The molecule has 2 rings (SSSR count). The van der Waals surface area contributed by atoms with E-state index in [2.05, 4.69) is 12.2 Å². The molecular weight excluding hydrogens is 474 g/mol. The minimum atomic E-state index is -3.51. The van der Waals surface area contributed by atoms with Crippen LogP contribution in [-0.2, 0) is 26.0 Å². The first-order chi connectivity index (χ1) is 17.0. The normalized spacial score (nSPS) is 12.1. The Bertz CT molecular complexity index is 1100. The van der Waals surface area contributed by atoms with Crippen molar-refractivity contribution in [2.75, 3.05) is 30.2 Å². The van der Waals surface area contributed by atoms with Crippen molar-refractivity contribution in [2.45, 2.75) is 65.8 Å². The van der Waals surface area contributed by atoms with Crippen molar-refractivity contribution in [1.82, 2.24) is 10.2 Å². The minimum absolute atomic E-state index is 0.151. The van der Waals surface area contributed by atoms with Gasteiger partial charge in [0.15, 0.2) is 0 Å². The lowest BCUT2D eigenvalue weighted by atomic mass is 10.1. The van der Waals surface area contributed by atoms with Gasteiger partial charge in [-0.15, -0.1) is 0 Å². The highest BCUT2D eigenvalue weighted by Crippen LogP contribution is 2.22. The van der Waals surface area contributed by atoms with Crippen molar-refractivity contribution in [2.24, 2.45) is 0 Å². The maximum Gasteiger partial charge on any atom is 0.242 e. The summed E-state index contributed by atoms with van der Waals surface area (Å²) in [4.78, 5) is 27.6. The molecule has 2 aromatic rings. The maximum atomic E-state index is 13.3. The number of benzene rings is 2. The summed E-state index contributed by atoms with van der Waals surface area (Å²) < 4.78 is 26.3. The summed E-state index contributed by atoms with van der Waals surface area (Å²) in [5, 5.41) is 2.92. The Balaban J connectivity index is 2.10. The monoisotopic (exact) mass is 515 g/mol. The van der Waals surface area contributed by atoms with Crippen LogP contribution in [-0.4, -0.2) is 57.1 Å². The van der Waals surface area contributed by atoms with E-state index >= 15 is 0 Å². The third-order valence-electron chi connectivity index (χ3n) is 6.41. The van der Waals surface area contributed by atoms with E-state index in [1.165, 1.54) is 10.6 Å². The number of aryl methyl sites for hydroxylation is 2. The van der Waals surface area contributed by atoms with Gasteiger partial charge < -0.3 is 10.2 Å². The van der Waals surface area contributed by atoms with E-state index in [1.807, 2.05) is 56.3 Å². The Labute approximate surface area is 216 Å². The van der Waals surface area contributed by atoms with Crippen molar-refractivity contribution >= 4 is 27.5 Å². The highest BCUT2D eigenvalue weighted by molar-refractivity contribution is 7.92. The zero-order valence-electron chi connectivity index (χ0n) is 22.3. The average Bonchev–Trinajstić information content (AvgIpc) is 2.83. The number of nitrogens with one attached hydrogen (secondary N) is 1. The van der Waals surface area contributed by atoms with E-state index in [9.17, 15) is 18.0 Å². The van der Waals surface area contributed by atoms with Crippen LogP contribution < -0.4 is 9.62 Å². The predicted octanol–water partition coefficient (Wildman–Crippen LogP) is 4.23. The van der Waals surface area contributed by atoms with E-state index in [1.54, 1.807) is 17.9 Å². The van der Waals surface area contributed by atoms with Gasteiger partial charge in [0.2, 0.25) is 21.8 Å². The van der Waals surface area contributed by atoms with Crippen molar-refractivity contribution in [3.8, 4) is 0 Å². The predicted molar refractivity (Wildman–Crippen MR) is 147 cm³/mol. The Morgan fingerprint density at radius 1 is 0.972 bits per heavy atom. The van der Waals surface area contributed by atoms with Crippen LogP contribution in [0.2, 0.25) is 0 Å². The van der Waals surface area contributed by atoms with Gasteiger partial charge in [-0.2, -0.15) is 0 Å². The Morgan fingerprint density at radius 2 is 1.67 bits per heavy atom. The summed E-state index contributed by atoms with van der Waals surface area (Å²) in [6.07, 6.45) is 4.18. The fourth-order valence-corrected chi connectivity index (χ4v) is 4.95. The topological polar surface area (TPSA) is 86.8 Å². The van der Waals surface area contributed by atoms with Gasteiger partial charge in [0.25, 0.3) is 0 Å². The molecule has 0 aromatic heterocycles. The number of hydrogen-bond donors (Lipinski definition) is 1. The SMILES string of the molecule is CCCCNC(=O)[C@H](C)N(CCc1ccccc1)C(=O)CCCN(c1ccc(C)c(C)c1)S(C)(=O)=O. The van der Waals surface area contributed by atoms with Gasteiger partial charge in [0.05, 0.1) is 11.9 Å². The first-order valence-corrected chi connectivity index (χ1v) is 14.6. The van der Waals surface area contributed by atoms with Crippen molar-refractivity contribution in [3.63, 3.8) is 0 Å². The number of unbranched alkanes of at least 4 members (excludes halogenated alkanes) is 1. The summed E-state index contributed by atoms with van der Waals surface area (Å²) in [7, 11) is -3.51. The molecule has 0 aliphatic heterocycles. The third kappa shape index (κ3) is 8.97. The summed E-state index contributed by atoms with van der Waals surface area (Å²) in [6, 6.07) is 14.8. The molecule has 0 bridgehead atoms. The quantitative estimate of drug-likeness (QED) is 0.382. The summed E-state index contributed by atoms with van der Waals surface area (Å²) in [5.74, 6) is -0.324. The summed E-state index contributed by atoms with van der Waals surface area (Å²) in [6.45, 7) is 8.92. The second kappa shape index (κ2) is 14.0. The maximum absolute atomic E-state index is 13.3. The van der Waals surface area contributed by atoms with Crippen LogP contribution in [0.15, 0.2) is 48.5 Å². The van der Waals surface area contributed by atoms with Crippen LogP contribution in [0.5, 0.6) is 0 Å². The molecule has 198 valence electrons. The molecule has 0 aliphatic rings. The molecule has 0 radical (unpaired) electrons. The first kappa shape index (κ1) is 29.4. The molecule has 7 nitrogen and oxygen atoms in total. The van der Waals surface area contributed by atoms with Crippen LogP contribution in [0.1, 0.15) is 56.2 Å². The van der Waals surface area contributed by atoms with E-state index in [0.717, 1.165) is 29.5 Å². The van der Waals surface area contributed by atoms with E-state index in [4.69, 9.17) is 0 Å². The van der Waals surface area contributed by atoms with E-state index in [-0.39, 0.29) is 24.8 Å². The number of anilines is 1. The lowest BCUT2D eigenvalue weighted by molar-refractivity contribution is -0.139. The zero-order chi connectivity index (χ0) is 26.7. The fourth-order valence-electron chi connectivity index (χ4n) is 3.99. The van der Waals surface area contributed by atoms with Gasteiger partial charge in [-0.25, -0.2) is 8.42 Å². The lowest BCUT2D eigenvalue weighted by Crippen LogP contribution is -2.49. The second-order valence-electron chi connectivity index (χ2n) is 9.35. The number of sulfonamides is 1. The molecule has 1 N–H and O–H groups in total. The molecule has 0 saturated heterocycles. The number of nitrogens with zero attached hydrogens (tertiary/aromatic N) is 2. The highest BCUT2D eigenvalue weighted by Gasteiger charge is 2.26. The minimum Gasteiger partial charge on any atom is -0.354 e. The molecule has 36 heavy (non-hydrogen) atoms. The molecule has 2 aromatic carbocycles. The molecule has 0 aliphatic carbocycles. The Morgan fingerprint density at radius 3 is 2.28 bits per heavy atom. The average molecular weight is 516 g/mol. The first-order valence-electron chi connectivity index (χ1n) is 12.7. The zero-order valence-corrected chi connectivity index (χ0v) is 23.1. The number of hydrogen-bond acceptors (Lipinski definition) is 4. The molecule has 0 saturated carbocycles. The summed E-state index contributed by atoms with van der Waals surface area (Å²) >= 11 is 0. The standard InChI is InChI=1S/C28H41N3O4S/c1-6-7-18-29-28(33)24(4)30(20-17-25-12-9-8-10-13-25)27(32)14-11-19-31(36(5,34)35)26-16-15-22(2)23(3)21-26/h8-10,12-13,15-16,21,24H,6-7,11,14,17-20H2,1-5H3,(H,29,33)/t24-/m0/s1. The number of rotatable bonds is 14. The second-order valence-corrected chi connectivity index (χ2v) is 11.3. The van der Waals surface area contributed by atoms with E-state index < -0.39 is 16.1 Å². The Hall–Kier alpha value is -2.87. The molecular formula is C28H41N3O4S. The van der Waals surface area contributed by atoms with Crippen LogP contribution in [0, 0.1) is 13.8 Å². The van der Waals surface area contributed by atoms with Crippen molar-refractivity contribution in [1.29, 1.82) is 0 Å². The van der Waals surface area contributed by atoms with Crippen LogP contribution >= 0.6 is 0 Å². The van der Waals surface area contributed by atoms with Gasteiger partial charge >= 0.3 is 0 Å². The van der Waals surface area contributed by atoms with Gasteiger partial charge in [0, 0.05) is 26.1 Å². The van der Waals surface area contributed by atoms with Crippen molar-refractivity contribution < 1.29 is 18.0 Å². The van der Waals surface area contributed by atoms with E-state index in [0.29, 0.717) is 31.6 Å². The smallest absolute Gasteiger partial charge is 0.242 e. The van der Waals surface area contributed by atoms with Crippen LogP contribution in [0.3, 0.4) is 0 Å². The molecule has 1 atom stereocenters. The highest BCUT2D eigenvalue weighted by atomic mass is 32.2. The largest absolute Gasteiger partial charge is 0.354 e. The van der Waals surface area contributed by atoms with Gasteiger partial charge in [0.1, 0.15) is 6.04 Å². The van der Waals surface area contributed by atoms with Gasteiger partial charge in [-0.05, 0) is 68.9 Å². The van der Waals surface area contributed by atoms with Crippen molar-refractivity contribution in [3.05, 3.63) is 65.2 Å². The molecule has 0 fully saturated rings. The number of carbonyl (C=O) groups excluding carboxylic acids is 2. The lowest BCUT2D eigenvalue weighted by Gasteiger charge is -2.29. The molecule has 0 unspecified atom stereocenters. The summed E-state index contributed by atoms with van der Waals surface area (Å²) in [5.41, 5.74) is 3.78.